The van der Waals surface area contributed by atoms with Crippen molar-refractivity contribution in [2.24, 2.45) is 5.73 Å². The molecule has 0 bridgehead atoms. The maximum Gasteiger partial charge on any atom is 0.220 e. The van der Waals surface area contributed by atoms with Crippen LogP contribution in [0.4, 0.5) is 0 Å². The second kappa shape index (κ2) is 6.89. The molecule has 1 aromatic carbocycles. The molecule has 16 heavy (non-hydrogen) atoms. The minimum absolute atomic E-state index is 0.00411. The predicted molar refractivity (Wildman–Crippen MR) is 69.3 cm³/mol. The molecule has 0 saturated carbocycles. The molecule has 0 aromatic heterocycles. The molecule has 0 atom stereocenters. The molecule has 3 nitrogen and oxygen atoms in total. The highest BCUT2D eigenvalue weighted by Crippen LogP contribution is 2.21. The zero-order chi connectivity index (χ0) is 12.0. The largest absolute Gasteiger partial charge is 0.352 e. The quantitative estimate of drug-likeness (QED) is 0.878. The molecule has 0 unspecified atom stereocenters. The van der Waals surface area contributed by atoms with Gasteiger partial charge in [-0.25, -0.2) is 0 Å². The lowest BCUT2D eigenvalue weighted by Gasteiger charge is -2.07. The third-order valence-corrected chi connectivity index (χ3v) is 2.94. The lowest BCUT2D eigenvalue weighted by atomic mass is 10.2. The smallest absolute Gasteiger partial charge is 0.220 e. The van der Waals surface area contributed by atoms with Crippen LogP contribution in [0, 0.1) is 0 Å². The van der Waals surface area contributed by atoms with Crippen molar-refractivity contribution >= 4 is 33.4 Å². The van der Waals surface area contributed by atoms with E-state index in [1.54, 1.807) is 0 Å². The molecule has 5 heteroatoms. The van der Waals surface area contributed by atoms with E-state index in [0.29, 0.717) is 31.0 Å². The van der Waals surface area contributed by atoms with Gasteiger partial charge in [0, 0.05) is 22.5 Å². The van der Waals surface area contributed by atoms with E-state index in [2.05, 4.69) is 21.2 Å². The van der Waals surface area contributed by atoms with E-state index in [0.717, 1.165) is 10.0 Å². The van der Waals surface area contributed by atoms with Crippen LogP contribution in [0.3, 0.4) is 0 Å². The molecule has 0 radical (unpaired) electrons. The standard InChI is InChI=1S/C11H14BrClN2O/c12-9-4-3-8(10(13)6-9)7-15-11(16)2-1-5-14/h3-4,6H,1-2,5,7,14H2,(H,15,16). The lowest BCUT2D eigenvalue weighted by molar-refractivity contribution is -0.121. The Labute approximate surface area is 108 Å². The first-order valence-electron chi connectivity index (χ1n) is 5.04. The Morgan fingerprint density at radius 3 is 2.88 bits per heavy atom. The second-order valence-corrected chi connectivity index (χ2v) is 4.73. The second-order valence-electron chi connectivity index (χ2n) is 3.40. The molecular weight excluding hydrogens is 291 g/mol. The van der Waals surface area contributed by atoms with Crippen molar-refractivity contribution in [2.75, 3.05) is 6.54 Å². The van der Waals surface area contributed by atoms with E-state index in [-0.39, 0.29) is 5.91 Å². The van der Waals surface area contributed by atoms with Crippen LogP contribution in [0.1, 0.15) is 18.4 Å². The molecule has 1 rings (SSSR count). The van der Waals surface area contributed by atoms with Gasteiger partial charge in [-0.05, 0) is 30.7 Å². The molecule has 0 aliphatic heterocycles. The Morgan fingerprint density at radius 2 is 2.25 bits per heavy atom. The van der Waals surface area contributed by atoms with Gasteiger partial charge < -0.3 is 11.1 Å². The molecule has 1 aromatic rings. The first-order chi connectivity index (χ1) is 7.63. The summed E-state index contributed by atoms with van der Waals surface area (Å²) in [5.41, 5.74) is 6.23. The van der Waals surface area contributed by atoms with Gasteiger partial charge in [0.05, 0.1) is 0 Å². The third kappa shape index (κ3) is 4.51. The van der Waals surface area contributed by atoms with E-state index in [1.165, 1.54) is 0 Å². The number of nitrogens with one attached hydrogen (secondary N) is 1. The number of hydrogen-bond acceptors (Lipinski definition) is 2. The van der Waals surface area contributed by atoms with Gasteiger partial charge in [0.1, 0.15) is 0 Å². The van der Waals surface area contributed by atoms with Gasteiger partial charge in [-0.3, -0.25) is 4.79 Å². The van der Waals surface area contributed by atoms with E-state index < -0.39 is 0 Å². The van der Waals surface area contributed by atoms with E-state index >= 15 is 0 Å². The van der Waals surface area contributed by atoms with Gasteiger partial charge in [-0.1, -0.05) is 33.6 Å². The van der Waals surface area contributed by atoms with Gasteiger partial charge in [0.25, 0.3) is 0 Å². The van der Waals surface area contributed by atoms with E-state index in [9.17, 15) is 4.79 Å². The Balaban J connectivity index is 2.45. The lowest BCUT2D eigenvalue weighted by Crippen LogP contribution is -2.23. The first kappa shape index (κ1) is 13.5. The summed E-state index contributed by atoms with van der Waals surface area (Å²) in [5.74, 6) is 0.00411. The van der Waals surface area contributed by atoms with Gasteiger partial charge in [0.2, 0.25) is 5.91 Å². The molecule has 0 aliphatic rings. The summed E-state index contributed by atoms with van der Waals surface area (Å²) in [6.45, 7) is 0.988. The zero-order valence-corrected chi connectivity index (χ0v) is 11.1. The summed E-state index contributed by atoms with van der Waals surface area (Å²) in [5, 5.41) is 3.45. The summed E-state index contributed by atoms with van der Waals surface area (Å²) in [7, 11) is 0. The summed E-state index contributed by atoms with van der Waals surface area (Å²) in [6.07, 6.45) is 1.17. The number of hydrogen-bond donors (Lipinski definition) is 2. The van der Waals surface area contributed by atoms with Crippen molar-refractivity contribution in [1.29, 1.82) is 0 Å². The molecule has 0 spiro atoms. The number of halogens is 2. The van der Waals surface area contributed by atoms with Crippen molar-refractivity contribution in [3.05, 3.63) is 33.3 Å². The van der Waals surface area contributed by atoms with Crippen molar-refractivity contribution in [1.82, 2.24) is 5.32 Å². The SMILES string of the molecule is NCCCC(=O)NCc1ccc(Br)cc1Cl. The van der Waals surface area contributed by atoms with Gasteiger partial charge in [-0.15, -0.1) is 0 Å². The number of amides is 1. The van der Waals surface area contributed by atoms with Crippen LogP contribution in [0.5, 0.6) is 0 Å². The topological polar surface area (TPSA) is 55.1 Å². The Hall–Kier alpha value is -0.580. The molecule has 0 saturated heterocycles. The van der Waals surface area contributed by atoms with Crippen LogP contribution in [0.15, 0.2) is 22.7 Å². The monoisotopic (exact) mass is 304 g/mol. The van der Waals surface area contributed by atoms with Crippen LogP contribution >= 0.6 is 27.5 Å². The first-order valence-corrected chi connectivity index (χ1v) is 6.21. The van der Waals surface area contributed by atoms with Crippen LogP contribution in [0.2, 0.25) is 5.02 Å². The minimum atomic E-state index is 0.00411. The van der Waals surface area contributed by atoms with Gasteiger partial charge in [0.15, 0.2) is 0 Å². The third-order valence-electron chi connectivity index (χ3n) is 2.10. The number of carbonyl (C=O) groups excluding carboxylic acids is 1. The minimum Gasteiger partial charge on any atom is -0.352 e. The highest BCUT2D eigenvalue weighted by atomic mass is 79.9. The van der Waals surface area contributed by atoms with Crippen LogP contribution < -0.4 is 11.1 Å². The van der Waals surface area contributed by atoms with E-state index in [4.69, 9.17) is 17.3 Å². The Morgan fingerprint density at radius 1 is 1.50 bits per heavy atom. The summed E-state index contributed by atoms with van der Waals surface area (Å²) in [6, 6.07) is 5.59. The van der Waals surface area contributed by atoms with Crippen LogP contribution in [-0.4, -0.2) is 12.5 Å². The maximum atomic E-state index is 11.3. The zero-order valence-electron chi connectivity index (χ0n) is 8.80. The van der Waals surface area contributed by atoms with Crippen LogP contribution in [-0.2, 0) is 11.3 Å². The summed E-state index contributed by atoms with van der Waals surface area (Å²) in [4.78, 5) is 11.3. The summed E-state index contributed by atoms with van der Waals surface area (Å²) >= 11 is 9.34. The molecular formula is C11H14BrClN2O. The molecule has 88 valence electrons. The number of carbonyl (C=O) groups is 1. The highest BCUT2D eigenvalue weighted by molar-refractivity contribution is 9.10. The van der Waals surface area contributed by atoms with E-state index in [1.807, 2.05) is 18.2 Å². The maximum absolute atomic E-state index is 11.3. The Bertz CT molecular complexity index is 371. The molecule has 0 aliphatic carbocycles. The van der Waals surface area contributed by atoms with Crippen molar-refractivity contribution in [3.63, 3.8) is 0 Å². The fourth-order valence-electron chi connectivity index (χ4n) is 1.21. The van der Waals surface area contributed by atoms with Gasteiger partial charge >= 0.3 is 0 Å². The molecule has 0 fully saturated rings. The fourth-order valence-corrected chi connectivity index (χ4v) is 1.95. The fraction of sp³-hybridized carbons (Fsp3) is 0.364. The number of nitrogens with two attached hydrogens (primary N) is 1. The van der Waals surface area contributed by atoms with Crippen LogP contribution in [0.25, 0.3) is 0 Å². The normalized spacial score (nSPS) is 10.2. The number of rotatable bonds is 5. The Kier molecular flexibility index (Phi) is 5.80. The average molecular weight is 306 g/mol. The van der Waals surface area contributed by atoms with Crippen molar-refractivity contribution in [2.45, 2.75) is 19.4 Å². The average Bonchev–Trinajstić information content (AvgIpc) is 2.25. The highest BCUT2D eigenvalue weighted by Gasteiger charge is 2.03. The van der Waals surface area contributed by atoms with Crippen molar-refractivity contribution < 1.29 is 4.79 Å². The number of benzene rings is 1. The predicted octanol–water partition coefficient (Wildman–Crippen LogP) is 2.46. The molecule has 0 heterocycles. The molecule has 3 N–H and O–H groups in total. The molecule has 1 amide bonds. The van der Waals surface area contributed by atoms with Gasteiger partial charge in [-0.2, -0.15) is 0 Å². The summed E-state index contributed by atoms with van der Waals surface area (Å²) < 4.78 is 0.927. The van der Waals surface area contributed by atoms with Crippen molar-refractivity contribution in [3.8, 4) is 0 Å².